The van der Waals surface area contributed by atoms with Crippen LogP contribution >= 0.6 is 34.0 Å². The van der Waals surface area contributed by atoms with Crippen molar-refractivity contribution in [1.82, 2.24) is 0 Å². The Morgan fingerprint density at radius 2 is 0.983 bits per heavy atom. The van der Waals surface area contributed by atoms with Gasteiger partial charge in [-0.2, -0.15) is 0 Å². The van der Waals surface area contributed by atoms with Crippen LogP contribution in [0.1, 0.15) is 16.7 Å². The molecule has 6 aromatic carbocycles. The van der Waals surface area contributed by atoms with Gasteiger partial charge in [0, 0.05) is 27.1 Å². The Morgan fingerprint density at radius 3 is 1.46 bits per heavy atom. The second kappa shape index (κ2) is 14.1. The summed E-state index contributed by atoms with van der Waals surface area (Å²) in [7, 11) is 0. The number of carbonyl (C=O) groups excluding carboxylic acids is 2. The zero-order valence-electron chi connectivity index (χ0n) is 30.3. The molecular weight excluding hydrogens is 809 g/mol. The Bertz CT molecular complexity index is 3360. The maximum atomic E-state index is 14.7. The van der Waals surface area contributed by atoms with Crippen LogP contribution < -0.4 is 37.2 Å². The van der Waals surface area contributed by atoms with Gasteiger partial charge >= 0.3 is 17.5 Å². The van der Waals surface area contributed by atoms with Crippen molar-refractivity contribution in [2.24, 2.45) is 9.98 Å². The van der Waals surface area contributed by atoms with Gasteiger partial charge in [0.05, 0.1) is 19.2 Å². The van der Waals surface area contributed by atoms with Crippen LogP contribution in [0.15, 0.2) is 150 Å². The maximum Gasteiger partial charge on any atom is 0.367 e. The van der Waals surface area contributed by atoms with Crippen molar-refractivity contribution >= 4 is 86.9 Å². The van der Waals surface area contributed by atoms with Gasteiger partial charge in [-0.3, -0.25) is 19.2 Å². The van der Waals surface area contributed by atoms with E-state index in [9.17, 15) is 28.8 Å². The zero-order valence-corrected chi connectivity index (χ0v) is 32.7. The van der Waals surface area contributed by atoms with Crippen LogP contribution in [-0.4, -0.2) is 11.9 Å². The molecule has 4 heterocycles. The Morgan fingerprint density at radius 1 is 0.542 bits per heavy atom. The maximum absolute atomic E-state index is 14.7. The predicted octanol–water partition coefficient (Wildman–Crippen LogP) is 6.73. The van der Waals surface area contributed by atoms with Gasteiger partial charge in [-0.15, -0.1) is 34.0 Å². The summed E-state index contributed by atoms with van der Waals surface area (Å²) < 4.78 is 19.5. The molecule has 59 heavy (non-hydrogen) atoms. The average molecular weight is 833 g/mol. The van der Waals surface area contributed by atoms with E-state index < -0.39 is 39.3 Å². The first-order chi connectivity index (χ1) is 28.7. The molecule has 10 rings (SSSR count). The van der Waals surface area contributed by atoms with Gasteiger partial charge in [-0.25, -0.2) is 19.6 Å². The van der Waals surface area contributed by atoms with Crippen LogP contribution in [0, 0.1) is 0 Å². The molecule has 14 heteroatoms. The zero-order chi connectivity index (χ0) is 40.4. The van der Waals surface area contributed by atoms with Gasteiger partial charge in [0.2, 0.25) is 21.7 Å². The monoisotopic (exact) mass is 832 g/mol. The fourth-order valence-electron chi connectivity index (χ4n) is 7.16. The van der Waals surface area contributed by atoms with Crippen molar-refractivity contribution in [2.75, 3.05) is 0 Å². The van der Waals surface area contributed by atoms with Gasteiger partial charge in [0.1, 0.15) is 23.2 Å². The lowest BCUT2D eigenvalue weighted by molar-refractivity contribution is -0.183. The third kappa shape index (κ3) is 5.91. The number of ether oxygens (including phenoxy) is 3. The molecule has 1 aliphatic rings. The quantitative estimate of drug-likeness (QED) is 0.120. The van der Waals surface area contributed by atoms with E-state index in [4.69, 9.17) is 14.2 Å². The number of rotatable bonds is 8. The lowest BCUT2D eigenvalue weighted by Crippen LogP contribution is -2.52. The second-order valence-corrected chi connectivity index (χ2v) is 16.7. The summed E-state index contributed by atoms with van der Waals surface area (Å²) in [5, 5.41) is 0.977. The highest BCUT2D eigenvalue weighted by molar-refractivity contribution is 7.33. The van der Waals surface area contributed by atoms with Gasteiger partial charge < -0.3 is 14.2 Å². The Labute approximate surface area is 343 Å². The average Bonchev–Trinajstić information content (AvgIpc) is 4.06. The normalized spacial score (nSPS) is 12.9. The standard InChI is InChI=1S/C45H24N2O9S3/c48-35-25-15-7-8-16-26(25)36(49)33(35)46-31-19-29-40(58-31)42-39(41-30(57-42)20-32(59-41)47-34-37(50)27-17-9-10-18-28(27)38(34)51)56-45(29,43(52)54-21-23-11-3-1-4-12-23)44(53)55-22-24-13-5-2-6-14-24/h1-20H,21-22H2. The van der Waals surface area contributed by atoms with Gasteiger partial charge in [0.25, 0.3) is 0 Å². The minimum Gasteiger partial charge on any atom is -0.457 e. The highest BCUT2D eigenvalue weighted by Crippen LogP contribution is 2.59. The molecule has 0 fully saturated rings. The van der Waals surface area contributed by atoms with E-state index in [-0.39, 0.29) is 61.8 Å². The number of benzene rings is 4. The van der Waals surface area contributed by atoms with Crippen LogP contribution in [0.25, 0.3) is 40.7 Å². The molecule has 0 atom stereocenters. The highest BCUT2D eigenvalue weighted by Gasteiger charge is 2.59. The first-order valence-corrected chi connectivity index (χ1v) is 20.5. The van der Waals surface area contributed by atoms with E-state index in [0.29, 0.717) is 35.3 Å². The molecule has 0 aliphatic carbocycles. The predicted molar refractivity (Wildman–Crippen MR) is 226 cm³/mol. The summed E-state index contributed by atoms with van der Waals surface area (Å²) in [6, 6.07) is 33.9. The van der Waals surface area contributed by atoms with Crippen LogP contribution in [0.5, 0.6) is 5.75 Å². The third-order valence-electron chi connectivity index (χ3n) is 10.0. The molecule has 0 N–H and O–H groups in total. The molecule has 0 saturated carbocycles. The molecule has 0 radical (unpaired) electrons. The van der Waals surface area contributed by atoms with Crippen LogP contribution in [-0.2, 0) is 37.9 Å². The van der Waals surface area contributed by atoms with E-state index in [1.54, 1.807) is 103 Å². The number of nitrogens with zero attached hydrogens (tertiary/aromatic N) is 2. The smallest absolute Gasteiger partial charge is 0.367 e. The number of hydrogen-bond donors (Lipinski definition) is 0. The van der Waals surface area contributed by atoms with E-state index in [1.165, 1.54) is 17.4 Å². The van der Waals surface area contributed by atoms with E-state index in [1.807, 2.05) is 12.1 Å². The van der Waals surface area contributed by atoms with Crippen LogP contribution in [0.4, 0.5) is 10.0 Å². The third-order valence-corrected chi connectivity index (χ3v) is 13.5. The fourth-order valence-corrected chi connectivity index (χ4v) is 10.8. The summed E-state index contributed by atoms with van der Waals surface area (Å²) in [5.74, 6) is -1.99. The van der Waals surface area contributed by atoms with Gasteiger partial charge in [-0.1, -0.05) is 109 Å². The summed E-state index contributed by atoms with van der Waals surface area (Å²) in [6.07, 6.45) is 0. The van der Waals surface area contributed by atoms with Crippen molar-refractivity contribution in [3.63, 3.8) is 0 Å². The van der Waals surface area contributed by atoms with Crippen molar-refractivity contribution < 1.29 is 23.8 Å². The number of thiophene rings is 3. The number of fused-ring (bicyclic) bond motifs is 7. The van der Waals surface area contributed by atoms with Crippen LogP contribution in [0.3, 0.4) is 0 Å². The molecule has 11 nitrogen and oxygen atoms in total. The molecule has 1 aliphatic heterocycles. The van der Waals surface area contributed by atoms with Crippen molar-refractivity contribution in [3.8, 4) is 15.5 Å². The molecule has 3 aromatic heterocycles. The van der Waals surface area contributed by atoms with E-state index >= 15 is 0 Å². The summed E-state index contributed by atoms with van der Waals surface area (Å²) in [6.45, 7) is -0.409. The Hall–Kier alpha value is -7.00. The summed E-state index contributed by atoms with van der Waals surface area (Å²) >= 11 is 3.45. The minimum atomic E-state index is -2.55. The van der Waals surface area contributed by atoms with Crippen molar-refractivity contribution in [1.29, 1.82) is 0 Å². The number of hydrogen-bond acceptors (Lipinski definition) is 14. The second-order valence-electron chi connectivity index (χ2n) is 13.6. The Balaban J connectivity index is 1.17. The molecule has 0 amide bonds. The van der Waals surface area contributed by atoms with E-state index in [0.717, 1.165) is 22.7 Å². The largest absolute Gasteiger partial charge is 0.457 e. The van der Waals surface area contributed by atoms with Gasteiger partial charge in [0.15, 0.2) is 16.5 Å². The summed E-state index contributed by atoms with van der Waals surface area (Å²) in [5.41, 5.74) is -3.23. The molecule has 0 bridgehead atoms. The molecule has 0 saturated heterocycles. The molecule has 286 valence electrons. The topological polar surface area (TPSA) is 155 Å². The first-order valence-electron chi connectivity index (χ1n) is 18.1. The van der Waals surface area contributed by atoms with E-state index in [2.05, 4.69) is 9.98 Å². The SMILES string of the molecule is O=C(OCc1ccccc1)C1(C(=O)OCc2ccccc2)Oc2c(sc3cc(N=c4c(=O)c5ccccc5c4=O)sc23)-c2sc(N=c3c(=O)c4ccccc4c3=O)cc21. The molecule has 0 unspecified atom stereocenters. The highest BCUT2D eigenvalue weighted by atomic mass is 32.1. The van der Waals surface area contributed by atoms with Gasteiger partial charge in [-0.05, 0) is 23.3 Å². The first kappa shape index (κ1) is 36.3. The lowest BCUT2D eigenvalue weighted by Gasteiger charge is -2.33. The van der Waals surface area contributed by atoms with Crippen LogP contribution in [0.2, 0.25) is 0 Å². The number of carbonyl (C=O) groups is 2. The van der Waals surface area contributed by atoms with Crippen molar-refractivity contribution in [3.05, 3.63) is 190 Å². The summed E-state index contributed by atoms with van der Waals surface area (Å²) in [4.78, 5) is 92.6. The minimum absolute atomic E-state index is 0.0650. The lowest BCUT2D eigenvalue weighted by atomic mass is 9.91. The molecule has 9 aromatic rings. The molecule has 0 spiro atoms. The molecular formula is C45H24N2O9S3. The van der Waals surface area contributed by atoms with Crippen molar-refractivity contribution in [2.45, 2.75) is 18.8 Å². The fraction of sp³-hybridized carbons (Fsp3) is 0.0667. The number of esters is 2. The Kier molecular flexibility index (Phi) is 8.70.